The van der Waals surface area contributed by atoms with Gasteiger partial charge in [-0.2, -0.15) is 0 Å². The number of hydrogen-bond donors (Lipinski definition) is 2. The Bertz CT molecular complexity index is 937. The molecule has 1 saturated heterocycles. The SMILES string of the molecule is COC(=O)c1ccc(NC(C)=O)c(OCC(O)CN2CCC(Oc3ccc(Cl)cc3)C2)c1. The molecule has 2 unspecified atom stereocenters. The predicted molar refractivity (Wildman–Crippen MR) is 121 cm³/mol. The number of ether oxygens (including phenoxy) is 3. The van der Waals surface area contributed by atoms with E-state index in [1.807, 2.05) is 12.1 Å². The summed E-state index contributed by atoms with van der Waals surface area (Å²) in [5.74, 6) is 0.257. The fourth-order valence-electron chi connectivity index (χ4n) is 3.48. The number of carbonyl (C=O) groups is 2. The minimum Gasteiger partial charge on any atom is -0.489 e. The number of methoxy groups -OCH3 is 1. The van der Waals surface area contributed by atoms with Crippen LogP contribution in [0.25, 0.3) is 0 Å². The normalized spacial score (nSPS) is 16.9. The standard InChI is InChI=1S/C23H27ClN2O6/c1-15(27)25-21-8-3-16(23(29)30-2)11-22(21)31-14-18(28)12-26-10-9-20(13-26)32-19-6-4-17(24)5-7-19/h3-8,11,18,20,28H,9-10,12-14H2,1-2H3,(H,25,27). The van der Waals surface area contributed by atoms with E-state index in [0.717, 1.165) is 18.7 Å². The molecule has 2 atom stereocenters. The van der Waals surface area contributed by atoms with Crippen molar-refractivity contribution in [3.63, 3.8) is 0 Å². The number of likely N-dealkylation sites (tertiary alicyclic amines) is 1. The van der Waals surface area contributed by atoms with Crippen LogP contribution < -0.4 is 14.8 Å². The molecule has 3 rings (SSSR count). The number of β-amino-alcohol motifs (C(OH)–C–C–N with tert-alkyl or cyclic N) is 1. The second kappa shape index (κ2) is 11.2. The van der Waals surface area contributed by atoms with E-state index < -0.39 is 12.1 Å². The summed E-state index contributed by atoms with van der Waals surface area (Å²) in [6, 6.07) is 11.8. The topological polar surface area (TPSA) is 97.3 Å². The molecule has 2 aromatic carbocycles. The lowest BCUT2D eigenvalue weighted by Gasteiger charge is -2.21. The van der Waals surface area contributed by atoms with Gasteiger partial charge in [0, 0.05) is 31.6 Å². The minimum atomic E-state index is -0.767. The molecule has 2 N–H and O–H groups in total. The molecule has 0 radical (unpaired) electrons. The van der Waals surface area contributed by atoms with Crippen LogP contribution in [-0.2, 0) is 9.53 Å². The van der Waals surface area contributed by atoms with Crippen molar-refractivity contribution >= 4 is 29.2 Å². The second-order valence-corrected chi connectivity index (χ2v) is 8.03. The summed E-state index contributed by atoms with van der Waals surface area (Å²) < 4.78 is 16.4. The number of rotatable bonds is 9. The average Bonchev–Trinajstić information content (AvgIpc) is 3.20. The first-order valence-corrected chi connectivity index (χ1v) is 10.7. The minimum absolute atomic E-state index is 0.00355. The Labute approximate surface area is 192 Å². The van der Waals surface area contributed by atoms with Crippen molar-refractivity contribution in [2.45, 2.75) is 25.6 Å². The predicted octanol–water partition coefficient (Wildman–Crippen LogP) is 2.98. The summed E-state index contributed by atoms with van der Waals surface area (Å²) >= 11 is 5.90. The molecular formula is C23H27ClN2O6. The van der Waals surface area contributed by atoms with Crippen molar-refractivity contribution in [3.8, 4) is 11.5 Å². The highest BCUT2D eigenvalue weighted by molar-refractivity contribution is 6.30. The van der Waals surface area contributed by atoms with Crippen molar-refractivity contribution in [1.29, 1.82) is 0 Å². The third kappa shape index (κ3) is 6.85. The van der Waals surface area contributed by atoms with Crippen LogP contribution in [0.1, 0.15) is 23.7 Å². The number of esters is 1. The number of amides is 1. The van der Waals surface area contributed by atoms with E-state index in [1.54, 1.807) is 18.2 Å². The van der Waals surface area contributed by atoms with Gasteiger partial charge in [0.05, 0.1) is 18.4 Å². The van der Waals surface area contributed by atoms with Gasteiger partial charge in [-0.25, -0.2) is 4.79 Å². The van der Waals surface area contributed by atoms with Crippen LogP contribution in [-0.4, -0.2) is 67.4 Å². The molecule has 0 spiro atoms. The smallest absolute Gasteiger partial charge is 0.337 e. The van der Waals surface area contributed by atoms with Crippen LogP contribution in [0.3, 0.4) is 0 Å². The Morgan fingerprint density at radius 3 is 2.69 bits per heavy atom. The summed E-state index contributed by atoms with van der Waals surface area (Å²) in [4.78, 5) is 25.4. The molecule has 1 aliphatic heterocycles. The van der Waals surface area contributed by atoms with Crippen molar-refractivity contribution in [2.24, 2.45) is 0 Å². The summed E-state index contributed by atoms with van der Waals surface area (Å²) in [6.07, 6.45) is 0.119. The number of aliphatic hydroxyl groups excluding tert-OH is 1. The molecular weight excluding hydrogens is 436 g/mol. The van der Waals surface area contributed by atoms with Crippen LogP contribution in [0, 0.1) is 0 Å². The lowest BCUT2D eigenvalue weighted by molar-refractivity contribution is -0.114. The first-order chi connectivity index (χ1) is 15.3. The van der Waals surface area contributed by atoms with Crippen LogP contribution >= 0.6 is 11.6 Å². The maximum absolute atomic E-state index is 11.8. The first kappa shape index (κ1) is 23.8. The largest absolute Gasteiger partial charge is 0.489 e. The molecule has 1 fully saturated rings. The Balaban J connectivity index is 1.52. The van der Waals surface area contributed by atoms with Crippen LogP contribution in [0.4, 0.5) is 5.69 Å². The van der Waals surface area contributed by atoms with Gasteiger partial charge in [0.15, 0.2) is 0 Å². The molecule has 0 aromatic heterocycles. The quantitative estimate of drug-likeness (QED) is 0.553. The Morgan fingerprint density at radius 1 is 1.25 bits per heavy atom. The number of carbonyl (C=O) groups excluding carboxylic acids is 2. The average molecular weight is 463 g/mol. The molecule has 1 aliphatic rings. The van der Waals surface area contributed by atoms with Gasteiger partial charge < -0.3 is 24.6 Å². The van der Waals surface area contributed by atoms with E-state index in [4.69, 9.17) is 25.8 Å². The fourth-order valence-corrected chi connectivity index (χ4v) is 3.61. The molecule has 1 heterocycles. The number of benzene rings is 2. The second-order valence-electron chi connectivity index (χ2n) is 7.59. The highest BCUT2D eigenvalue weighted by atomic mass is 35.5. The van der Waals surface area contributed by atoms with E-state index in [-0.39, 0.29) is 29.9 Å². The van der Waals surface area contributed by atoms with E-state index in [0.29, 0.717) is 23.8 Å². The number of nitrogens with zero attached hydrogens (tertiary/aromatic N) is 1. The molecule has 9 heteroatoms. The maximum Gasteiger partial charge on any atom is 0.337 e. The number of aliphatic hydroxyl groups is 1. The molecule has 0 saturated carbocycles. The molecule has 1 amide bonds. The Kier molecular flexibility index (Phi) is 8.33. The Morgan fingerprint density at radius 2 is 2.00 bits per heavy atom. The monoisotopic (exact) mass is 462 g/mol. The van der Waals surface area contributed by atoms with Gasteiger partial charge in [0.2, 0.25) is 5.91 Å². The third-order valence-electron chi connectivity index (χ3n) is 4.96. The zero-order chi connectivity index (χ0) is 23.1. The van der Waals surface area contributed by atoms with E-state index >= 15 is 0 Å². The van der Waals surface area contributed by atoms with Crippen LogP contribution in [0.5, 0.6) is 11.5 Å². The summed E-state index contributed by atoms with van der Waals surface area (Å²) in [7, 11) is 1.29. The number of halogens is 1. The van der Waals surface area contributed by atoms with Crippen molar-refractivity contribution in [3.05, 3.63) is 53.1 Å². The third-order valence-corrected chi connectivity index (χ3v) is 5.21. The van der Waals surface area contributed by atoms with Gasteiger partial charge in [0.1, 0.15) is 30.3 Å². The van der Waals surface area contributed by atoms with Gasteiger partial charge in [-0.05, 0) is 48.9 Å². The number of anilines is 1. The highest BCUT2D eigenvalue weighted by Crippen LogP contribution is 2.27. The molecule has 0 aliphatic carbocycles. The summed E-state index contributed by atoms with van der Waals surface area (Å²) in [5, 5.41) is 13.8. The molecule has 172 valence electrons. The zero-order valence-electron chi connectivity index (χ0n) is 18.0. The van der Waals surface area contributed by atoms with Gasteiger partial charge >= 0.3 is 5.97 Å². The van der Waals surface area contributed by atoms with E-state index in [2.05, 4.69) is 10.2 Å². The number of nitrogens with one attached hydrogen (secondary N) is 1. The molecule has 0 bridgehead atoms. The van der Waals surface area contributed by atoms with Gasteiger partial charge in [0.25, 0.3) is 0 Å². The van der Waals surface area contributed by atoms with Crippen molar-refractivity contribution < 1.29 is 28.9 Å². The fraction of sp³-hybridized carbons (Fsp3) is 0.391. The van der Waals surface area contributed by atoms with Crippen molar-refractivity contribution in [2.75, 3.05) is 38.7 Å². The Hall–Kier alpha value is -2.81. The summed E-state index contributed by atoms with van der Waals surface area (Å²) in [6.45, 7) is 3.27. The lowest BCUT2D eigenvalue weighted by Crippen LogP contribution is -2.35. The van der Waals surface area contributed by atoms with E-state index in [1.165, 1.54) is 26.2 Å². The highest BCUT2D eigenvalue weighted by Gasteiger charge is 2.26. The van der Waals surface area contributed by atoms with Gasteiger partial charge in [-0.1, -0.05) is 11.6 Å². The van der Waals surface area contributed by atoms with Crippen LogP contribution in [0.15, 0.2) is 42.5 Å². The maximum atomic E-state index is 11.8. The van der Waals surface area contributed by atoms with Gasteiger partial charge in [-0.15, -0.1) is 0 Å². The van der Waals surface area contributed by atoms with Crippen LogP contribution in [0.2, 0.25) is 5.02 Å². The summed E-state index contributed by atoms with van der Waals surface area (Å²) in [5.41, 5.74) is 0.697. The number of hydrogen-bond acceptors (Lipinski definition) is 7. The van der Waals surface area contributed by atoms with Gasteiger partial charge in [-0.3, -0.25) is 9.69 Å². The lowest BCUT2D eigenvalue weighted by atomic mass is 10.2. The first-order valence-electron chi connectivity index (χ1n) is 10.3. The van der Waals surface area contributed by atoms with Crippen molar-refractivity contribution in [1.82, 2.24) is 4.90 Å². The molecule has 32 heavy (non-hydrogen) atoms. The molecule has 2 aromatic rings. The molecule has 8 nitrogen and oxygen atoms in total. The zero-order valence-corrected chi connectivity index (χ0v) is 18.8. The van der Waals surface area contributed by atoms with E-state index in [9.17, 15) is 14.7 Å².